The number of pyridine rings is 1. The van der Waals surface area contributed by atoms with Gasteiger partial charge >= 0.3 is 5.69 Å². The number of rotatable bonds is 6. The summed E-state index contributed by atoms with van der Waals surface area (Å²) < 4.78 is 6.67. The van der Waals surface area contributed by atoms with Crippen LogP contribution < -0.4 is 10.4 Å². The fraction of sp³-hybridized carbons (Fsp3) is 0.222. The molecule has 8 nitrogen and oxygen atoms in total. The quantitative estimate of drug-likeness (QED) is 0.370. The molecule has 0 saturated heterocycles. The summed E-state index contributed by atoms with van der Waals surface area (Å²) in [6.45, 7) is 3.91. The summed E-state index contributed by atoms with van der Waals surface area (Å²) in [4.78, 5) is 34.4. The van der Waals surface area contributed by atoms with Gasteiger partial charge in [-0.3, -0.25) is 9.20 Å². The first-order valence-corrected chi connectivity index (χ1v) is 12.5. The summed E-state index contributed by atoms with van der Waals surface area (Å²) >= 11 is 1.14. The Morgan fingerprint density at radius 2 is 1.81 bits per heavy atom. The highest BCUT2D eigenvalue weighted by Crippen LogP contribution is 2.34. The van der Waals surface area contributed by atoms with Crippen LogP contribution in [0.2, 0.25) is 0 Å². The van der Waals surface area contributed by atoms with Crippen molar-refractivity contribution >= 4 is 29.0 Å². The second-order valence-electron chi connectivity index (χ2n) is 8.61. The molecule has 9 heteroatoms. The lowest BCUT2D eigenvalue weighted by Crippen LogP contribution is -2.29. The van der Waals surface area contributed by atoms with Gasteiger partial charge in [-0.05, 0) is 60.9 Å². The first-order valence-electron chi connectivity index (χ1n) is 11.5. The van der Waals surface area contributed by atoms with E-state index in [2.05, 4.69) is 9.97 Å². The molecule has 36 heavy (non-hydrogen) atoms. The minimum Gasteiger partial charge on any atom is -0.497 e. The average Bonchev–Trinajstić information content (AvgIpc) is 3.34. The number of ether oxygens (including phenoxy) is 1. The molecule has 1 aliphatic heterocycles. The van der Waals surface area contributed by atoms with Crippen LogP contribution in [-0.4, -0.2) is 43.9 Å². The van der Waals surface area contributed by atoms with Gasteiger partial charge in [0.2, 0.25) is 0 Å². The topological polar surface area (TPSA) is 89.2 Å². The van der Waals surface area contributed by atoms with Crippen molar-refractivity contribution in [3.63, 3.8) is 0 Å². The number of hydrogen-bond donors (Lipinski definition) is 0. The SMILES string of the molecule is COc1ccc(C2=NN(C(=O)CSc3nc(=O)n4cccc(C)c4n3)[C@H](c3ccc(C)cc3)C2)cc1. The molecule has 4 aromatic rings. The van der Waals surface area contributed by atoms with E-state index in [1.807, 2.05) is 68.4 Å². The minimum atomic E-state index is -0.419. The third-order valence-electron chi connectivity index (χ3n) is 6.14. The van der Waals surface area contributed by atoms with Gasteiger partial charge in [0.1, 0.15) is 11.4 Å². The Morgan fingerprint density at radius 1 is 1.06 bits per heavy atom. The van der Waals surface area contributed by atoms with E-state index in [4.69, 9.17) is 9.84 Å². The maximum atomic E-state index is 13.4. The van der Waals surface area contributed by atoms with Gasteiger partial charge in [0.15, 0.2) is 5.16 Å². The Hall–Kier alpha value is -3.98. The Bertz CT molecular complexity index is 1510. The lowest BCUT2D eigenvalue weighted by atomic mass is 9.97. The summed E-state index contributed by atoms with van der Waals surface area (Å²) in [5, 5.41) is 6.55. The lowest BCUT2D eigenvalue weighted by Gasteiger charge is -2.22. The molecule has 0 spiro atoms. The number of amides is 1. The minimum absolute atomic E-state index is 0.0588. The van der Waals surface area contributed by atoms with Crippen LogP contribution in [0.4, 0.5) is 0 Å². The van der Waals surface area contributed by atoms with Crippen molar-refractivity contribution in [2.75, 3.05) is 12.9 Å². The second kappa shape index (κ2) is 9.94. The number of hydrazone groups is 1. The molecule has 0 unspecified atom stereocenters. The number of nitrogens with zero attached hydrogens (tertiary/aromatic N) is 5. The number of hydrogen-bond acceptors (Lipinski definition) is 7. The zero-order valence-electron chi connectivity index (χ0n) is 20.2. The van der Waals surface area contributed by atoms with Gasteiger partial charge in [0.25, 0.3) is 5.91 Å². The van der Waals surface area contributed by atoms with Crippen molar-refractivity contribution in [3.8, 4) is 5.75 Å². The highest BCUT2D eigenvalue weighted by Gasteiger charge is 2.33. The Labute approximate surface area is 212 Å². The van der Waals surface area contributed by atoms with Crippen molar-refractivity contribution in [3.05, 3.63) is 99.6 Å². The van der Waals surface area contributed by atoms with Gasteiger partial charge in [-0.25, -0.2) is 14.8 Å². The third-order valence-corrected chi connectivity index (χ3v) is 6.97. The largest absolute Gasteiger partial charge is 0.497 e. The van der Waals surface area contributed by atoms with E-state index in [9.17, 15) is 9.59 Å². The smallest absolute Gasteiger partial charge is 0.355 e. The van der Waals surface area contributed by atoms with E-state index in [1.54, 1.807) is 24.4 Å². The molecular formula is C27H25N5O3S. The first-order chi connectivity index (χ1) is 17.4. The molecule has 2 aromatic heterocycles. The van der Waals surface area contributed by atoms with E-state index >= 15 is 0 Å². The van der Waals surface area contributed by atoms with E-state index in [1.165, 1.54) is 4.40 Å². The van der Waals surface area contributed by atoms with Crippen LogP contribution >= 0.6 is 11.8 Å². The predicted molar refractivity (Wildman–Crippen MR) is 140 cm³/mol. The Balaban J connectivity index is 1.41. The number of benzene rings is 2. The van der Waals surface area contributed by atoms with Gasteiger partial charge in [0.05, 0.1) is 24.6 Å². The third kappa shape index (κ3) is 4.74. The predicted octanol–water partition coefficient (Wildman–Crippen LogP) is 4.18. The molecule has 2 aromatic carbocycles. The Morgan fingerprint density at radius 3 is 2.53 bits per heavy atom. The molecule has 0 N–H and O–H groups in total. The van der Waals surface area contributed by atoms with Crippen LogP contribution in [-0.2, 0) is 4.79 Å². The van der Waals surface area contributed by atoms with E-state index < -0.39 is 5.69 Å². The molecule has 3 heterocycles. The lowest BCUT2D eigenvalue weighted by molar-refractivity contribution is -0.130. The van der Waals surface area contributed by atoms with E-state index in [0.29, 0.717) is 12.1 Å². The number of carbonyl (C=O) groups is 1. The summed E-state index contributed by atoms with van der Waals surface area (Å²) in [5.41, 5.74) is 4.91. The molecule has 1 aliphatic rings. The van der Waals surface area contributed by atoms with Crippen LogP contribution in [0.25, 0.3) is 5.65 Å². The molecule has 0 fully saturated rings. The number of thioether (sulfide) groups is 1. The molecule has 0 aliphatic carbocycles. The van der Waals surface area contributed by atoms with Crippen LogP contribution in [0.1, 0.15) is 34.7 Å². The van der Waals surface area contributed by atoms with Gasteiger partial charge in [-0.1, -0.05) is 47.7 Å². The summed E-state index contributed by atoms with van der Waals surface area (Å²) in [6.07, 6.45) is 2.23. The monoisotopic (exact) mass is 499 g/mol. The molecular weight excluding hydrogens is 474 g/mol. The summed E-state index contributed by atoms with van der Waals surface area (Å²) in [7, 11) is 1.63. The summed E-state index contributed by atoms with van der Waals surface area (Å²) in [5.74, 6) is 0.643. The molecule has 182 valence electrons. The van der Waals surface area contributed by atoms with Crippen LogP contribution in [0.3, 0.4) is 0 Å². The maximum absolute atomic E-state index is 13.4. The maximum Gasteiger partial charge on any atom is 0.355 e. The fourth-order valence-corrected chi connectivity index (χ4v) is 4.84. The number of methoxy groups -OCH3 is 1. The number of carbonyl (C=O) groups excluding carboxylic acids is 1. The van der Waals surface area contributed by atoms with Crippen molar-refractivity contribution in [2.45, 2.75) is 31.5 Å². The number of aryl methyl sites for hydroxylation is 2. The molecule has 0 radical (unpaired) electrons. The highest BCUT2D eigenvalue weighted by molar-refractivity contribution is 7.99. The van der Waals surface area contributed by atoms with E-state index in [0.717, 1.165) is 45.5 Å². The van der Waals surface area contributed by atoms with Gasteiger partial charge in [-0.15, -0.1) is 0 Å². The molecule has 0 saturated carbocycles. The van der Waals surface area contributed by atoms with Crippen LogP contribution in [0.5, 0.6) is 5.75 Å². The normalized spacial score (nSPS) is 15.2. The standard InChI is InChI=1S/C27H25N5O3S/c1-17-6-8-20(9-7-17)23-15-22(19-10-12-21(35-3)13-11-19)30-32(23)24(33)16-36-26-28-25-18(2)5-4-14-31(25)27(34)29-26/h4-14,23H,15-16H2,1-3H3/t23-/m0/s1. The van der Waals surface area contributed by atoms with Gasteiger partial charge in [0, 0.05) is 12.6 Å². The summed E-state index contributed by atoms with van der Waals surface area (Å²) in [6, 6.07) is 19.3. The molecule has 1 amide bonds. The van der Waals surface area contributed by atoms with Crippen molar-refractivity contribution in [1.29, 1.82) is 0 Å². The second-order valence-corrected chi connectivity index (χ2v) is 9.55. The molecule has 5 rings (SSSR count). The fourth-order valence-electron chi connectivity index (χ4n) is 4.16. The van der Waals surface area contributed by atoms with E-state index in [-0.39, 0.29) is 22.9 Å². The van der Waals surface area contributed by atoms with Crippen molar-refractivity contribution in [2.24, 2.45) is 5.10 Å². The molecule has 0 bridgehead atoms. The van der Waals surface area contributed by atoms with Gasteiger partial charge in [-0.2, -0.15) is 10.1 Å². The first kappa shape index (κ1) is 23.7. The van der Waals surface area contributed by atoms with Crippen LogP contribution in [0, 0.1) is 13.8 Å². The van der Waals surface area contributed by atoms with Crippen molar-refractivity contribution < 1.29 is 9.53 Å². The Kier molecular flexibility index (Phi) is 6.56. The average molecular weight is 500 g/mol. The zero-order valence-corrected chi connectivity index (χ0v) is 21.0. The van der Waals surface area contributed by atoms with Gasteiger partial charge < -0.3 is 4.74 Å². The number of fused-ring (bicyclic) bond motifs is 1. The highest BCUT2D eigenvalue weighted by atomic mass is 32.2. The number of aromatic nitrogens is 3. The zero-order chi connectivity index (χ0) is 25.2. The van der Waals surface area contributed by atoms with Crippen LogP contribution in [0.15, 0.2) is 81.9 Å². The molecule has 1 atom stereocenters. The van der Waals surface area contributed by atoms with Crippen molar-refractivity contribution in [1.82, 2.24) is 19.4 Å².